The fraction of sp³-hybridized carbons (Fsp3) is 0.625. The second kappa shape index (κ2) is 7.49. The van der Waals surface area contributed by atoms with E-state index in [0.29, 0.717) is 24.2 Å². The van der Waals surface area contributed by atoms with E-state index < -0.39 is 0 Å². The molecule has 1 rings (SSSR count). The van der Waals surface area contributed by atoms with Crippen LogP contribution in [-0.4, -0.2) is 12.6 Å². The molecule has 0 radical (unpaired) electrons. The van der Waals surface area contributed by atoms with Gasteiger partial charge in [-0.3, -0.25) is 0 Å². The summed E-state index contributed by atoms with van der Waals surface area (Å²) in [6, 6.07) is 5.75. The van der Waals surface area contributed by atoms with Crippen molar-refractivity contribution in [1.29, 1.82) is 0 Å². The minimum Gasteiger partial charge on any atom is -0.366 e. The van der Waals surface area contributed by atoms with Crippen molar-refractivity contribution in [1.82, 2.24) is 0 Å². The number of rotatable bonds is 7. The predicted octanol–water partition coefficient (Wildman–Crippen LogP) is 3.94. The normalized spacial score (nSPS) is 11.4. The Bertz CT molecular complexity index is 386. The number of hydrogen-bond acceptors (Lipinski definition) is 2. The van der Waals surface area contributed by atoms with Gasteiger partial charge in [-0.25, -0.2) is 4.39 Å². The summed E-state index contributed by atoms with van der Waals surface area (Å²) in [5, 5.41) is 0. The summed E-state index contributed by atoms with van der Waals surface area (Å²) in [6.45, 7) is 9.92. The number of hydrogen-bond donors (Lipinski definition) is 1. The zero-order valence-electron chi connectivity index (χ0n) is 12.6. The van der Waals surface area contributed by atoms with Crippen LogP contribution in [0.1, 0.15) is 46.1 Å². The fourth-order valence-corrected chi connectivity index (χ4v) is 2.48. The molecule has 1 aromatic carbocycles. The van der Waals surface area contributed by atoms with E-state index in [-0.39, 0.29) is 5.82 Å². The second-order valence-corrected chi connectivity index (χ2v) is 5.51. The highest BCUT2D eigenvalue weighted by atomic mass is 19.1. The van der Waals surface area contributed by atoms with E-state index in [2.05, 4.69) is 32.6 Å². The minimum absolute atomic E-state index is 0.157. The molecule has 0 bridgehead atoms. The summed E-state index contributed by atoms with van der Waals surface area (Å²) in [5.74, 6) is 0.352. The molecule has 0 fully saturated rings. The standard InChI is InChI=1S/C16H27FN2/c1-5-14(6-2)19(11-12(3)4)16-8-7-13(10-18)9-15(16)17/h7-9,12,14H,5-6,10-11,18H2,1-4H3. The molecule has 2 N–H and O–H groups in total. The van der Waals surface area contributed by atoms with Crippen molar-refractivity contribution in [2.24, 2.45) is 11.7 Å². The van der Waals surface area contributed by atoms with E-state index in [4.69, 9.17) is 5.73 Å². The van der Waals surface area contributed by atoms with Crippen molar-refractivity contribution < 1.29 is 4.39 Å². The topological polar surface area (TPSA) is 29.3 Å². The third-order valence-corrected chi connectivity index (χ3v) is 3.50. The maximum Gasteiger partial charge on any atom is 0.146 e. The van der Waals surface area contributed by atoms with E-state index in [1.165, 1.54) is 0 Å². The van der Waals surface area contributed by atoms with E-state index in [0.717, 1.165) is 24.9 Å². The van der Waals surface area contributed by atoms with Crippen LogP contribution < -0.4 is 10.6 Å². The average molecular weight is 266 g/mol. The van der Waals surface area contributed by atoms with Crippen LogP contribution in [0.2, 0.25) is 0 Å². The van der Waals surface area contributed by atoms with Gasteiger partial charge in [0.05, 0.1) is 5.69 Å². The smallest absolute Gasteiger partial charge is 0.146 e. The third-order valence-electron chi connectivity index (χ3n) is 3.50. The maximum atomic E-state index is 14.3. The Kier molecular flexibility index (Phi) is 6.29. The molecule has 19 heavy (non-hydrogen) atoms. The first-order valence-corrected chi connectivity index (χ1v) is 7.28. The van der Waals surface area contributed by atoms with Crippen LogP contribution in [-0.2, 0) is 6.54 Å². The number of benzene rings is 1. The first-order chi connectivity index (χ1) is 9.03. The zero-order chi connectivity index (χ0) is 14.4. The molecule has 108 valence electrons. The van der Waals surface area contributed by atoms with Crippen LogP contribution in [0, 0.1) is 11.7 Å². The van der Waals surface area contributed by atoms with Gasteiger partial charge in [0, 0.05) is 19.1 Å². The van der Waals surface area contributed by atoms with Gasteiger partial charge in [-0.1, -0.05) is 33.8 Å². The summed E-state index contributed by atoms with van der Waals surface area (Å²) >= 11 is 0. The van der Waals surface area contributed by atoms with Gasteiger partial charge in [0.15, 0.2) is 0 Å². The van der Waals surface area contributed by atoms with Crippen LogP contribution >= 0.6 is 0 Å². The van der Waals surface area contributed by atoms with Crippen molar-refractivity contribution >= 4 is 5.69 Å². The molecular weight excluding hydrogens is 239 g/mol. The van der Waals surface area contributed by atoms with Crippen LogP contribution in [0.25, 0.3) is 0 Å². The van der Waals surface area contributed by atoms with E-state index in [1.54, 1.807) is 6.07 Å². The summed E-state index contributed by atoms with van der Waals surface area (Å²) in [4.78, 5) is 2.21. The lowest BCUT2D eigenvalue weighted by molar-refractivity contribution is 0.496. The van der Waals surface area contributed by atoms with Gasteiger partial charge >= 0.3 is 0 Å². The lowest BCUT2D eigenvalue weighted by atomic mass is 10.1. The van der Waals surface area contributed by atoms with Crippen LogP contribution in [0.5, 0.6) is 0 Å². The van der Waals surface area contributed by atoms with Gasteiger partial charge in [-0.05, 0) is 36.5 Å². The molecule has 0 aliphatic rings. The Labute approximate surface area is 116 Å². The van der Waals surface area contributed by atoms with Gasteiger partial charge < -0.3 is 10.6 Å². The quantitative estimate of drug-likeness (QED) is 0.810. The van der Waals surface area contributed by atoms with E-state index >= 15 is 0 Å². The molecule has 0 saturated carbocycles. The summed E-state index contributed by atoms with van der Waals surface area (Å²) in [6.07, 6.45) is 2.06. The maximum absolute atomic E-state index is 14.3. The molecule has 1 aromatic rings. The summed E-state index contributed by atoms with van der Waals surface area (Å²) in [7, 11) is 0. The van der Waals surface area contributed by atoms with Crippen molar-refractivity contribution in [3.63, 3.8) is 0 Å². The van der Waals surface area contributed by atoms with E-state index in [1.807, 2.05) is 12.1 Å². The molecule has 0 aliphatic heterocycles. The SMILES string of the molecule is CCC(CC)N(CC(C)C)c1ccc(CN)cc1F. The third kappa shape index (κ3) is 4.20. The molecule has 0 aliphatic carbocycles. The highest BCUT2D eigenvalue weighted by Crippen LogP contribution is 2.26. The van der Waals surface area contributed by atoms with Crippen molar-refractivity contribution in [2.75, 3.05) is 11.4 Å². The van der Waals surface area contributed by atoms with Crippen LogP contribution in [0.3, 0.4) is 0 Å². The Hall–Kier alpha value is -1.09. The number of nitrogens with two attached hydrogens (primary N) is 1. The van der Waals surface area contributed by atoms with Gasteiger partial charge in [0.25, 0.3) is 0 Å². The van der Waals surface area contributed by atoms with Crippen molar-refractivity contribution in [2.45, 2.75) is 53.1 Å². The first kappa shape index (κ1) is 16.0. The number of anilines is 1. The minimum atomic E-state index is -0.157. The molecule has 0 spiro atoms. The second-order valence-electron chi connectivity index (χ2n) is 5.51. The number of nitrogens with zero attached hydrogens (tertiary/aromatic N) is 1. The average Bonchev–Trinajstić information content (AvgIpc) is 2.38. The number of halogens is 1. The Morgan fingerprint density at radius 3 is 2.26 bits per heavy atom. The molecule has 0 saturated heterocycles. The van der Waals surface area contributed by atoms with E-state index in [9.17, 15) is 4.39 Å². The molecule has 2 nitrogen and oxygen atoms in total. The van der Waals surface area contributed by atoms with Crippen molar-refractivity contribution in [3.8, 4) is 0 Å². The molecule has 0 heterocycles. The van der Waals surface area contributed by atoms with Gasteiger partial charge in [0.1, 0.15) is 5.82 Å². The predicted molar refractivity (Wildman–Crippen MR) is 80.8 cm³/mol. The van der Waals surface area contributed by atoms with Crippen molar-refractivity contribution in [3.05, 3.63) is 29.6 Å². The summed E-state index contributed by atoms with van der Waals surface area (Å²) < 4.78 is 14.3. The highest BCUT2D eigenvalue weighted by molar-refractivity contribution is 5.50. The Morgan fingerprint density at radius 1 is 1.21 bits per heavy atom. The molecule has 0 amide bonds. The molecular formula is C16H27FN2. The summed E-state index contributed by atoms with van der Waals surface area (Å²) in [5.41, 5.74) is 7.11. The van der Waals surface area contributed by atoms with Crippen LogP contribution in [0.15, 0.2) is 18.2 Å². The molecule has 3 heteroatoms. The van der Waals surface area contributed by atoms with Crippen LogP contribution in [0.4, 0.5) is 10.1 Å². The van der Waals surface area contributed by atoms with Gasteiger partial charge in [-0.2, -0.15) is 0 Å². The fourth-order valence-electron chi connectivity index (χ4n) is 2.48. The Morgan fingerprint density at radius 2 is 1.84 bits per heavy atom. The molecule has 0 unspecified atom stereocenters. The lowest BCUT2D eigenvalue weighted by Gasteiger charge is -2.34. The molecule has 0 aromatic heterocycles. The highest BCUT2D eigenvalue weighted by Gasteiger charge is 2.19. The largest absolute Gasteiger partial charge is 0.366 e. The monoisotopic (exact) mass is 266 g/mol. The van der Waals surface area contributed by atoms with Gasteiger partial charge in [0.2, 0.25) is 0 Å². The van der Waals surface area contributed by atoms with Gasteiger partial charge in [-0.15, -0.1) is 0 Å². The molecule has 0 atom stereocenters. The zero-order valence-corrected chi connectivity index (χ0v) is 12.6. The first-order valence-electron chi connectivity index (χ1n) is 7.28. The Balaban J connectivity index is 3.09. The lowest BCUT2D eigenvalue weighted by Crippen LogP contribution is -2.38.